The Morgan fingerprint density at radius 2 is 1.92 bits per heavy atom. The maximum atomic E-state index is 10.9. The summed E-state index contributed by atoms with van der Waals surface area (Å²) in [5.74, 6) is 0.233. The molecule has 0 radical (unpaired) electrons. The van der Waals surface area contributed by atoms with Crippen LogP contribution < -0.4 is 0 Å². The molecule has 0 aromatic rings. The summed E-state index contributed by atoms with van der Waals surface area (Å²) in [4.78, 5) is 10.9. The van der Waals surface area contributed by atoms with Gasteiger partial charge in [0.2, 0.25) is 0 Å². The van der Waals surface area contributed by atoms with Crippen LogP contribution in [0.1, 0.15) is 13.8 Å². The third-order valence-corrected chi connectivity index (χ3v) is 1.58. The van der Waals surface area contributed by atoms with Crippen LogP contribution in [-0.4, -0.2) is 24.5 Å². The van der Waals surface area contributed by atoms with Crippen molar-refractivity contribution in [3.63, 3.8) is 0 Å². The van der Waals surface area contributed by atoms with Gasteiger partial charge in [-0.2, -0.15) is 0 Å². The molecule has 70 valence electrons. The highest BCUT2D eigenvalue weighted by molar-refractivity contribution is 9.09. The van der Waals surface area contributed by atoms with Crippen LogP contribution in [0.15, 0.2) is 11.8 Å². The Morgan fingerprint density at radius 1 is 1.33 bits per heavy atom. The molecular formula is C8H13BrO3. The molecule has 0 saturated heterocycles. The monoisotopic (exact) mass is 236 g/mol. The largest absolute Gasteiger partial charge is 0.497 e. The highest BCUT2D eigenvalue weighted by atomic mass is 79.9. The lowest BCUT2D eigenvalue weighted by atomic mass is 10.5. The summed E-state index contributed by atoms with van der Waals surface area (Å²) in [7, 11) is 0. The molecule has 0 unspecified atom stereocenters. The van der Waals surface area contributed by atoms with Crippen LogP contribution in [0.3, 0.4) is 0 Å². The van der Waals surface area contributed by atoms with Crippen molar-refractivity contribution in [3.05, 3.63) is 11.8 Å². The third-order valence-electron chi connectivity index (χ3n) is 1.03. The van der Waals surface area contributed by atoms with E-state index in [9.17, 15) is 4.79 Å². The number of hydrogen-bond acceptors (Lipinski definition) is 3. The van der Waals surface area contributed by atoms with Crippen LogP contribution in [0.2, 0.25) is 0 Å². The molecule has 4 heteroatoms. The van der Waals surface area contributed by atoms with E-state index in [1.807, 2.05) is 6.92 Å². The van der Waals surface area contributed by atoms with E-state index >= 15 is 0 Å². The first-order valence-corrected chi connectivity index (χ1v) is 4.92. The van der Waals surface area contributed by atoms with Gasteiger partial charge >= 0.3 is 5.97 Å². The number of hydrogen-bond donors (Lipinski definition) is 0. The number of rotatable bonds is 5. The molecule has 0 aliphatic rings. The number of carbonyl (C=O) groups is 1. The predicted octanol–water partition coefficient (Wildman–Crippen LogP) is 1.86. The second kappa shape index (κ2) is 7.16. The molecule has 0 aliphatic heterocycles. The highest BCUT2D eigenvalue weighted by Gasteiger charge is 2.00. The van der Waals surface area contributed by atoms with Crippen molar-refractivity contribution < 1.29 is 14.3 Å². The lowest BCUT2D eigenvalue weighted by Gasteiger charge is -2.04. The van der Waals surface area contributed by atoms with Crippen molar-refractivity contribution in [3.8, 4) is 0 Å². The Labute approximate surface area is 80.9 Å². The van der Waals surface area contributed by atoms with Crippen LogP contribution in [-0.2, 0) is 14.3 Å². The standard InChI is InChI=1S/C8H13BrO3/c1-3-11-7(6-9)5-8(10)12-4-2/h5H,3-4,6H2,1-2H3. The summed E-state index contributed by atoms with van der Waals surface area (Å²) in [6.07, 6.45) is 1.35. The molecule has 0 amide bonds. The van der Waals surface area contributed by atoms with E-state index in [1.54, 1.807) is 6.92 Å². The van der Waals surface area contributed by atoms with Gasteiger partial charge in [-0.1, -0.05) is 15.9 Å². The Hall–Kier alpha value is -0.510. The van der Waals surface area contributed by atoms with Gasteiger partial charge in [0.15, 0.2) is 0 Å². The summed E-state index contributed by atoms with van der Waals surface area (Å²) in [5.41, 5.74) is 0. The van der Waals surface area contributed by atoms with E-state index in [4.69, 9.17) is 9.47 Å². The molecule has 0 heterocycles. The molecule has 0 saturated carbocycles. The molecule has 12 heavy (non-hydrogen) atoms. The van der Waals surface area contributed by atoms with Crippen LogP contribution in [0.5, 0.6) is 0 Å². The summed E-state index contributed by atoms with van der Waals surface area (Å²) >= 11 is 3.20. The van der Waals surface area contributed by atoms with Crippen molar-refractivity contribution in [1.29, 1.82) is 0 Å². The smallest absolute Gasteiger partial charge is 0.334 e. The van der Waals surface area contributed by atoms with Gasteiger partial charge in [-0.05, 0) is 13.8 Å². The van der Waals surface area contributed by atoms with E-state index in [-0.39, 0.29) is 5.97 Å². The molecule has 0 aromatic carbocycles. The Bertz CT molecular complexity index is 166. The fourth-order valence-corrected chi connectivity index (χ4v) is 0.943. The van der Waals surface area contributed by atoms with Gasteiger partial charge in [0, 0.05) is 0 Å². The van der Waals surface area contributed by atoms with Gasteiger partial charge in [-0.15, -0.1) is 0 Å². The average molecular weight is 237 g/mol. The van der Waals surface area contributed by atoms with Crippen molar-refractivity contribution in [2.45, 2.75) is 13.8 Å². The normalized spacial score (nSPS) is 11.1. The van der Waals surface area contributed by atoms with Crippen molar-refractivity contribution in [1.82, 2.24) is 0 Å². The van der Waals surface area contributed by atoms with E-state index in [0.717, 1.165) is 0 Å². The summed E-state index contributed by atoms with van der Waals surface area (Å²) in [5, 5.41) is 0.527. The van der Waals surface area contributed by atoms with Gasteiger partial charge in [-0.3, -0.25) is 0 Å². The minimum absolute atomic E-state index is 0.361. The molecule has 0 N–H and O–H groups in total. The van der Waals surface area contributed by atoms with Gasteiger partial charge < -0.3 is 9.47 Å². The van der Waals surface area contributed by atoms with E-state index in [0.29, 0.717) is 24.3 Å². The first-order chi connectivity index (χ1) is 5.74. The first-order valence-electron chi connectivity index (χ1n) is 3.80. The van der Waals surface area contributed by atoms with Gasteiger partial charge in [-0.25, -0.2) is 4.79 Å². The molecule has 0 aromatic heterocycles. The minimum atomic E-state index is -0.361. The Balaban J connectivity index is 3.98. The number of allylic oxidation sites excluding steroid dienone is 1. The molecule has 0 fully saturated rings. The van der Waals surface area contributed by atoms with Crippen LogP contribution in [0.25, 0.3) is 0 Å². The minimum Gasteiger partial charge on any atom is -0.497 e. The zero-order valence-corrected chi connectivity index (χ0v) is 8.89. The SMILES string of the molecule is CCOC(=O)C=C(CBr)OCC. The zero-order valence-electron chi connectivity index (χ0n) is 7.30. The fraction of sp³-hybridized carbons (Fsp3) is 0.625. The average Bonchev–Trinajstić information content (AvgIpc) is 2.04. The molecule has 0 bridgehead atoms. The number of ether oxygens (including phenoxy) is 2. The topological polar surface area (TPSA) is 35.5 Å². The summed E-state index contributed by atoms with van der Waals surface area (Å²) < 4.78 is 9.83. The quantitative estimate of drug-likeness (QED) is 0.317. The molecule has 3 nitrogen and oxygen atoms in total. The Morgan fingerprint density at radius 3 is 2.33 bits per heavy atom. The second-order valence-electron chi connectivity index (χ2n) is 1.93. The van der Waals surface area contributed by atoms with Crippen molar-refractivity contribution in [2.24, 2.45) is 0 Å². The zero-order chi connectivity index (χ0) is 9.40. The lowest BCUT2D eigenvalue weighted by molar-refractivity contribution is -0.137. The molecular weight excluding hydrogens is 224 g/mol. The van der Waals surface area contributed by atoms with E-state index in [1.165, 1.54) is 6.08 Å². The number of halogens is 1. The second-order valence-corrected chi connectivity index (χ2v) is 2.49. The maximum absolute atomic E-state index is 10.9. The van der Waals surface area contributed by atoms with Gasteiger partial charge in [0.25, 0.3) is 0 Å². The number of esters is 1. The summed E-state index contributed by atoms with van der Waals surface area (Å²) in [6, 6.07) is 0. The van der Waals surface area contributed by atoms with Crippen molar-refractivity contribution in [2.75, 3.05) is 18.5 Å². The number of carbonyl (C=O) groups excluding carboxylic acids is 1. The van der Waals surface area contributed by atoms with Crippen LogP contribution in [0, 0.1) is 0 Å². The number of alkyl halides is 1. The van der Waals surface area contributed by atoms with Gasteiger partial charge in [0.1, 0.15) is 5.76 Å². The molecule has 0 spiro atoms. The highest BCUT2D eigenvalue weighted by Crippen LogP contribution is 2.02. The fourth-order valence-electron chi connectivity index (χ4n) is 0.620. The molecule has 0 atom stereocenters. The van der Waals surface area contributed by atoms with Crippen LogP contribution in [0.4, 0.5) is 0 Å². The summed E-state index contributed by atoms with van der Waals surface area (Å²) in [6.45, 7) is 4.57. The van der Waals surface area contributed by atoms with Crippen LogP contribution >= 0.6 is 15.9 Å². The maximum Gasteiger partial charge on any atom is 0.334 e. The molecule has 0 rings (SSSR count). The third kappa shape index (κ3) is 5.18. The predicted molar refractivity (Wildman–Crippen MR) is 50.1 cm³/mol. The van der Waals surface area contributed by atoms with Gasteiger partial charge in [0.05, 0.1) is 24.6 Å². The van der Waals surface area contributed by atoms with E-state index in [2.05, 4.69) is 15.9 Å². The molecule has 0 aliphatic carbocycles. The van der Waals surface area contributed by atoms with E-state index < -0.39 is 0 Å². The first kappa shape index (κ1) is 11.5. The Kier molecular flexibility index (Phi) is 6.85. The van der Waals surface area contributed by atoms with Crippen molar-refractivity contribution >= 4 is 21.9 Å². The lowest BCUT2D eigenvalue weighted by Crippen LogP contribution is -2.03.